The smallest absolute Gasteiger partial charge is 0.150 e. The molecule has 110 valence electrons. The minimum absolute atomic E-state index is 0.349. The maximum absolute atomic E-state index is 11.6. The molecule has 0 bridgehead atoms. The van der Waals surface area contributed by atoms with Gasteiger partial charge in [-0.1, -0.05) is 12.8 Å². The van der Waals surface area contributed by atoms with Crippen LogP contribution in [0.3, 0.4) is 0 Å². The lowest BCUT2D eigenvalue weighted by Crippen LogP contribution is -2.39. The molecule has 0 aromatic carbocycles. The van der Waals surface area contributed by atoms with E-state index in [9.17, 15) is 8.42 Å². The minimum atomic E-state index is -2.74. The van der Waals surface area contributed by atoms with Gasteiger partial charge in [0.25, 0.3) is 0 Å². The molecule has 0 aromatic rings. The zero-order valence-corrected chi connectivity index (χ0v) is 12.5. The van der Waals surface area contributed by atoms with Gasteiger partial charge in [-0.15, -0.1) is 0 Å². The average Bonchev–Trinajstić information content (AvgIpc) is 2.85. The fraction of sp³-hybridized carbons (Fsp3) is 1.00. The maximum atomic E-state index is 11.6. The van der Waals surface area contributed by atoms with E-state index < -0.39 is 9.84 Å². The molecule has 3 aliphatic rings. The summed E-state index contributed by atoms with van der Waals surface area (Å²) in [6.45, 7) is 4.75. The summed E-state index contributed by atoms with van der Waals surface area (Å²) < 4.78 is 28.9. The third-order valence-electron chi connectivity index (χ3n) is 5.03. The quantitative estimate of drug-likeness (QED) is 0.768. The lowest BCUT2D eigenvalue weighted by atomic mass is 9.86. The van der Waals surface area contributed by atoms with E-state index in [0.29, 0.717) is 22.8 Å². The van der Waals surface area contributed by atoms with Gasteiger partial charge in [-0.2, -0.15) is 0 Å². The van der Waals surface area contributed by atoms with Gasteiger partial charge in [-0.05, 0) is 25.2 Å². The van der Waals surface area contributed by atoms with Crippen molar-refractivity contribution >= 4 is 9.84 Å². The van der Waals surface area contributed by atoms with Crippen molar-refractivity contribution in [3.8, 4) is 0 Å². The van der Waals surface area contributed by atoms with Crippen molar-refractivity contribution in [3.05, 3.63) is 0 Å². The first-order valence-corrected chi connectivity index (χ1v) is 9.40. The largest absolute Gasteiger partial charge is 0.379 e. The van der Waals surface area contributed by atoms with Crippen LogP contribution in [0.15, 0.2) is 0 Å². The van der Waals surface area contributed by atoms with Gasteiger partial charge in [-0.3, -0.25) is 0 Å². The Bertz CT molecular complexity index is 414. The van der Waals surface area contributed by atoms with Gasteiger partial charge in [0.2, 0.25) is 0 Å². The molecule has 2 heterocycles. The second-order valence-electron chi connectivity index (χ2n) is 6.76. The Hall–Kier alpha value is -0.130. The van der Waals surface area contributed by atoms with Crippen LogP contribution in [0.4, 0.5) is 0 Å². The van der Waals surface area contributed by atoms with Gasteiger partial charge in [-0.25, -0.2) is 8.42 Å². The molecule has 1 saturated carbocycles. The van der Waals surface area contributed by atoms with E-state index in [1.165, 1.54) is 25.7 Å². The van der Waals surface area contributed by atoms with Crippen LogP contribution in [0.1, 0.15) is 32.1 Å². The van der Waals surface area contributed by atoms with Crippen LogP contribution in [0.2, 0.25) is 0 Å². The third kappa shape index (κ3) is 3.31. The fourth-order valence-electron chi connectivity index (χ4n) is 4.05. The molecule has 2 saturated heterocycles. The van der Waals surface area contributed by atoms with Crippen LogP contribution in [0.25, 0.3) is 0 Å². The zero-order chi connectivity index (χ0) is 13.3. The van der Waals surface area contributed by atoms with Gasteiger partial charge < -0.3 is 9.64 Å². The summed E-state index contributed by atoms with van der Waals surface area (Å²) in [6.07, 6.45) is 6.08. The second-order valence-corrected chi connectivity index (χ2v) is 8.99. The highest BCUT2D eigenvalue weighted by atomic mass is 32.2. The molecule has 5 heteroatoms. The molecule has 2 aliphatic heterocycles. The van der Waals surface area contributed by atoms with Crippen LogP contribution in [0.5, 0.6) is 0 Å². The average molecular weight is 287 g/mol. The van der Waals surface area contributed by atoms with Crippen molar-refractivity contribution in [2.75, 3.05) is 44.4 Å². The number of hydrogen-bond donors (Lipinski definition) is 0. The standard InChI is InChI=1S/C14H25NO3S/c16-19(17)8-3-13(10-19)9-15-6-7-18-12-14(11-15)4-1-2-5-14/h13H,1-12H2. The highest BCUT2D eigenvalue weighted by Gasteiger charge is 2.38. The van der Waals surface area contributed by atoms with Gasteiger partial charge in [0.05, 0.1) is 24.7 Å². The molecular formula is C14H25NO3S. The summed E-state index contributed by atoms with van der Waals surface area (Å²) in [5.41, 5.74) is 0.369. The first-order chi connectivity index (χ1) is 9.07. The van der Waals surface area contributed by atoms with Gasteiger partial charge in [0.1, 0.15) is 0 Å². The predicted molar refractivity (Wildman–Crippen MR) is 74.9 cm³/mol. The number of hydrogen-bond acceptors (Lipinski definition) is 4. The van der Waals surface area contributed by atoms with E-state index in [4.69, 9.17) is 4.74 Å². The van der Waals surface area contributed by atoms with Crippen LogP contribution < -0.4 is 0 Å². The van der Waals surface area contributed by atoms with E-state index in [2.05, 4.69) is 4.90 Å². The molecule has 0 radical (unpaired) electrons. The van der Waals surface area contributed by atoms with E-state index in [1.807, 2.05) is 0 Å². The Balaban J connectivity index is 1.60. The van der Waals surface area contributed by atoms with Crippen molar-refractivity contribution in [3.63, 3.8) is 0 Å². The molecule has 1 spiro atoms. The summed E-state index contributed by atoms with van der Waals surface area (Å²) in [5.74, 6) is 1.14. The van der Waals surface area contributed by atoms with E-state index in [-0.39, 0.29) is 0 Å². The number of nitrogens with zero attached hydrogens (tertiary/aromatic N) is 1. The summed E-state index contributed by atoms with van der Waals surface area (Å²) >= 11 is 0. The number of rotatable bonds is 2. The highest BCUT2D eigenvalue weighted by Crippen LogP contribution is 2.40. The molecule has 19 heavy (non-hydrogen) atoms. The van der Waals surface area contributed by atoms with Crippen LogP contribution in [-0.2, 0) is 14.6 Å². The fourth-order valence-corrected chi connectivity index (χ4v) is 5.90. The Morgan fingerprint density at radius 3 is 2.74 bits per heavy atom. The summed E-state index contributed by atoms with van der Waals surface area (Å²) in [5, 5.41) is 0. The monoisotopic (exact) mass is 287 g/mol. The maximum Gasteiger partial charge on any atom is 0.150 e. The second kappa shape index (κ2) is 5.34. The van der Waals surface area contributed by atoms with Gasteiger partial charge in [0.15, 0.2) is 9.84 Å². The molecule has 0 aromatic heterocycles. The van der Waals surface area contributed by atoms with Crippen LogP contribution in [0, 0.1) is 11.3 Å². The lowest BCUT2D eigenvalue weighted by molar-refractivity contribution is 0.0707. The Labute approximate surface area is 116 Å². The summed E-state index contributed by atoms with van der Waals surface area (Å²) in [6, 6.07) is 0. The molecule has 4 nitrogen and oxygen atoms in total. The van der Waals surface area contributed by atoms with Crippen molar-refractivity contribution in [1.29, 1.82) is 0 Å². The number of ether oxygens (including phenoxy) is 1. The van der Waals surface area contributed by atoms with Crippen LogP contribution in [-0.4, -0.2) is 57.7 Å². The van der Waals surface area contributed by atoms with Crippen molar-refractivity contribution in [1.82, 2.24) is 4.90 Å². The predicted octanol–water partition coefficient (Wildman–Crippen LogP) is 1.31. The van der Waals surface area contributed by atoms with Crippen molar-refractivity contribution in [2.24, 2.45) is 11.3 Å². The lowest BCUT2D eigenvalue weighted by Gasteiger charge is -2.32. The first-order valence-electron chi connectivity index (χ1n) is 7.58. The molecule has 0 amide bonds. The molecule has 1 aliphatic carbocycles. The van der Waals surface area contributed by atoms with E-state index >= 15 is 0 Å². The molecule has 0 N–H and O–H groups in total. The molecule has 1 unspecified atom stereocenters. The Morgan fingerprint density at radius 2 is 2.05 bits per heavy atom. The first kappa shape index (κ1) is 13.8. The third-order valence-corrected chi connectivity index (χ3v) is 6.86. The van der Waals surface area contributed by atoms with E-state index in [1.54, 1.807) is 0 Å². The Morgan fingerprint density at radius 1 is 1.26 bits per heavy atom. The highest BCUT2D eigenvalue weighted by molar-refractivity contribution is 7.91. The summed E-state index contributed by atoms with van der Waals surface area (Å²) in [4.78, 5) is 2.48. The Kier molecular flexibility index (Phi) is 3.89. The molecular weight excluding hydrogens is 262 g/mol. The van der Waals surface area contributed by atoms with Crippen molar-refractivity contribution in [2.45, 2.75) is 32.1 Å². The van der Waals surface area contributed by atoms with E-state index in [0.717, 1.165) is 39.3 Å². The molecule has 1 atom stereocenters. The minimum Gasteiger partial charge on any atom is -0.379 e. The number of sulfone groups is 1. The zero-order valence-electron chi connectivity index (χ0n) is 11.6. The van der Waals surface area contributed by atoms with Crippen molar-refractivity contribution < 1.29 is 13.2 Å². The van der Waals surface area contributed by atoms with Gasteiger partial charge >= 0.3 is 0 Å². The normalized spacial score (nSPS) is 34.6. The summed E-state index contributed by atoms with van der Waals surface area (Å²) in [7, 11) is -2.74. The van der Waals surface area contributed by atoms with Crippen LogP contribution >= 0.6 is 0 Å². The van der Waals surface area contributed by atoms with Gasteiger partial charge in [0, 0.05) is 25.0 Å². The SMILES string of the molecule is O=S1(=O)CCC(CN2CCOCC3(CCCC3)C2)C1. The molecule has 3 fully saturated rings. The molecule has 3 rings (SSSR count). The topological polar surface area (TPSA) is 46.6 Å².